The predicted molar refractivity (Wildman–Crippen MR) is 93.5 cm³/mol. The van der Waals surface area contributed by atoms with Crippen molar-refractivity contribution in [1.82, 2.24) is 4.90 Å². The van der Waals surface area contributed by atoms with E-state index >= 15 is 0 Å². The Labute approximate surface area is 146 Å². The minimum atomic E-state index is -0.208. The quantitative estimate of drug-likeness (QED) is 0.839. The molecule has 6 nitrogen and oxygen atoms in total. The third kappa shape index (κ3) is 3.91. The van der Waals surface area contributed by atoms with Crippen molar-refractivity contribution in [2.75, 3.05) is 25.3 Å². The standard InChI is InChI=1S/C19H20N2O4/c1-14(22)21(16-8-9-17-18(10-16)25-13-24-17)12-19(23)20(2)11-15-6-4-3-5-7-15/h3-10H,11-13H2,1-2H3. The fraction of sp³-hybridized carbons (Fsp3) is 0.263. The van der Waals surface area contributed by atoms with Gasteiger partial charge in [0.1, 0.15) is 6.54 Å². The molecule has 6 heteroatoms. The first kappa shape index (κ1) is 16.8. The summed E-state index contributed by atoms with van der Waals surface area (Å²) in [5.41, 5.74) is 1.65. The normalized spacial score (nSPS) is 11.9. The highest BCUT2D eigenvalue weighted by atomic mass is 16.7. The summed E-state index contributed by atoms with van der Waals surface area (Å²) in [6.45, 7) is 2.07. The van der Waals surface area contributed by atoms with Crippen LogP contribution >= 0.6 is 0 Å². The number of carbonyl (C=O) groups is 2. The lowest BCUT2D eigenvalue weighted by Gasteiger charge is -2.24. The molecule has 0 aliphatic carbocycles. The molecule has 0 spiro atoms. The number of fused-ring (bicyclic) bond motifs is 1. The van der Waals surface area contributed by atoms with Crippen molar-refractivity contribution in [3.8, 4) is 11.5 Å². The molecule has 0 unspecified atom stereocenters. The summed E-state index contributed by atoms with van der Waals surface area (Å²) in [6.07, 6.45) is 0. The molecule has 1 aliphatic rings. The van der Waals surface area contributed by atoms with Crippen LogP contribution in [0.1, 0.15) is 12.5 Å². The van der Waals surface area contributed by atoms with Crippen molar-refractivity contribution in [3.63, 3.8) is 0 Å². The van der Waals surface area contributed by atoms with Gasteiger partial charge < -0.3 is 19.3 Å². The molecule has 2 aromatic rings. The highest BCUT2D eigenvalue weighted by Gasteiger charge is 2.21. The fourth-order valence-corrected chi connectivity index (χ4v) is 2.64. The first-order chi connectivity index (χ1) is 12.0. The zero-order valence-electron chi connectivity index (χ0n) is 14.3. The van der Waals surface area contributed by atoms with Gasteiger partial charge in [0.2, 0.25) is 18.6 Å². The molecule has 130 valence electrons. The van der Waals surface area contributed by atoms with Crippen molar-refractivity contribution in [1.29, 1.82) is 0 Å². The van der Waals surface area contributed by atoms with Gasteiger partial charge in [0.15, 0.2) is 11.5 Å². The Morgan fingerprint density at radius 2 is 1.76 bits per heavy atom. The number of carbonyl (C=O) groups excluding carboxylic acids is 2. The van der Waals surface area contributed by atoms with Gasteiger partial charge in [-0.25, -0.2) is 0 Å². The Kier molecular flexibility index (Phi) is 4.88. The molecule has 25 heavy (non-hydrogen) atoms. The molecule has 0 aromatic heterocycles. The molecule has 0 atom stereocenters. The van der Waals surface area contributed by atoms with Gasteiger partial charge in [-0.2, -0.15) is 0 Å². The van der Waals surface area contributed by atoms with Crippen LogP contribution in [-0.4, -0.2) is 37.1 Å². The van der Waals surface area contributed by atoms with Crippen molar-refractivity contribution < 1.29 is 19.1 Å². The van der Waals surface area contributed by atoms with Crippen LogP contribution in [0.2, 0.25) is 0 Å². The number of benzene rings is 2. The third-order valence-electron chi connectivity index (χ3n) is 4.03. The largest absolute Gasteiger partial charge is 0.454 e. The van der Waals surface area contributed by atoms with Crippen LogP contribution in [-0.2, 0) is 16.1 Å². The second-order valence-corrected chi connectivity index (χ2v) is 5.88. The van der Waals surface area contributed by atoms with Gasteiger partial charge in [-0.15, -0.1) is 0 Å². The lowest BCUT2D eigenvalue weighted by atomic mass is 10.2. The molecular formula is C19H20N2O4. The molecule has 2 aromatic carbocycles. The molecule has 3 rings (SSSR count). The van der Waals surface area contributed by atoms with Gasteiger partial charge in [0, 0.05) is 32.3 Å². The van der Waals surface area contributed by atoms with Crippen LogP contribution in [0.25, 0.3) is 0 Å². The number of amides is 2. The molecule has 1 heterocycles. The lowest BCUT2D eigenvalue weighted by Crippen LogP contribution is -2.40. The monoisotopic (exact) mass is 340 g/mol. The molecule has 0 N–H and O–H groups in total. The minimum Gasteiger partial charge on any atom is -0.454 e. The van der Waals surface area contributed by atoms with Gasteiger partial charge in [0.05, 0.1) is 0 Å². The smallest absolute Gasteiger partial charge is 0.242 e. The Hall–Kier alpha value is -3.02. The minimum absolute atomic E-state index is 0.0295. The maximum atomic E-state index is 12.5. The number of hydrogen-bond acceptors (Lipinski definition) is 4. The third-order valence-corrected chi connectivity index (χ3v) is 4.03. The van der Waals surface area contributed by atoms with E-state index in [0.29, 0.717) is 23.7 Å². The summed E-state index contributed by atoms with van der Waals surface area (Å²) >= 11 is 0. The summed E-state index contributed by atoms with van der Waals surface area (Å²) in [5.74, 6) is 0.866. The molecule has 0 saturated heterocycles. The number of hydrogen-bond donors (Lipinski definition) is 0. The highest BCUT2D eigenvalue weighted by Crippen LogP contribution is 2.35. The Bertz CT molecular complexity index is 776. The number of anilines is 1. The van der Waals surface area contributed by atoms with Crippen LogP contribution in [0.15, 0.2) is 48.5 Å². The first-order valence-electron chi connectivity index (χ1n) is 8.00. The second-order valence-electron chi connectivity index (χ2n) is 5.88. The van der Waals surface area contributed by atoms with Gasteiger partial charge in [-0.05, 0) is 17.7 Å². The molecule has 0 radical (unpaired) electrons. The fourth-order valence-electron chi connectivity index (χ4n) is 2.64. The Morgan fingerprint density at radius 1 is 1.04 bits per heavy atom. The topological polar surface area (TPSA) is 59.1 Å². The van der Waals surface area contributed by atoms with Crippen LogP contribution in [0.5, 0.6) is 11.5 Å². The van der Waals surface area contributed by atoms with E-state index in [0.717, 1.165) is 5.56 Å². The SMILES string of the molecule is CC(=O)N(CC(=O)N(C)Cc1ccccc1)c1ccc2c(c1)OCO2. The van der Waals surface area contributed by atoms with Gasteiger partial charge in [0.25, 0.3) is 0 Å². The zero-order valence-corrected chi connectivity index (χ0v) is 14.3. The van der Waals surface area contributed by atoms with Gasteiger partial charge in [-0.1, -0.05) is 30.3 Å². The van der Waals surface area contributed by atoms with E-state index in [1.807, 2.05) is 30.3 Å². The van der Waals surface area contributed by atoms with Crippen LogP contribution in [0.4, 0.5) is 5.69 Å². The van der Waals surface area contributed by atoms with E-state index in [-0.39, 0.29) is 25.2 Å². The lowest BCUT2D eigenvalue weighted by molar-refractivity contribution is -0.130. The van der Waals surface area contributed by atoms with E-state index in [2.05, 4.69) is 0 Å². The van der Waals surface area contributed by atoms with Crippen LogP contribution in [0, 0.1) is 0 Å². The molecule has 2 amide bonds. The first-order valence-corrected chi connectivity index (χ1v) is 8.00. The summed E-state index contributed by atoms with van der Waals surface area (Å²) in [7, 11) is 1.73. The summed E-state index contributed by atoms with van der Waals surface area (Å²) < 4.78 is 10.6. The molecule has 1 aliphatic heterocycles. The Morgan fingerprint density at radius 3 is 2.48 bits per heavy atom. The highest BCUT2D eigenvalue weighted by molar-refractivity contribution is 5.97. The molecule has 0 bridgehead atoms. The molecule has 0 saturated carbocycles. The van der Waals surface area contributed by atoms with E-state index in [1.165, 1.54) is 11.8 Å². The number of nitrogens with zero attached hydrogens (tertiary/aromatic N) is 2. The van der Waals surface area contributed by atoms with Crippen molar-refractivity contribution in [3.05, 3.63) is 54.1 Å². The summed E-state index contributed by atoms with van der Waals surface area (Å²) in [6, 6.07) is 14.9. The maximum absolute atomic E-state index is 12.5. The van der Waals surface area contributed by atoms with Crippen LogP contribution < -0.4 is 14.4 Å². The van der Waals surface area contributed by atoms with Crippen molar-refractivity contribution in [2.45, 2.75) is 13.5 Å². The predicted octanol–water partition coefficient (Wildman–Crippen LogP) is 2.43. The average Bonchev–Trinajstić information content (AvgIpc) is 3.07. The van der Waals surface area contributed by atoms with Gasteiger partial charge >= 0.3 is 0 Å². The summed E-state index contributed by atoms with van der Waals surface area (Å²) in [5, 5.41) is 0. The molecular weight excluding hydrogens is 320 g/mol. The van der Waals surface area contributed by atoms with E-state index < -0.39 is 0 Å². The average molecular weight is 340 g/mol. The number of rotatable bonds is 5. The molecule has 0 fully saturated rings. The number of ether oxygens (including phenoxy) is 2. The second kappa shape index (κ2) is 7.25. The van der Waals surface area contributed by atoms with E-state index in [9.17, 15) is 9.59 Å². The number of likely N-dealkylation sites (N-methyl/N-ethyl adjacent to an activating group) is 1. The zero-order chi connectivity index (χ0) is 17.8. The maximum Gasteiger partial charge on any atom is 0.242 e. The van der Waals surface area contributed by atoms with E-state index in [4.69, 9.17) is 9.47 Å². The van der Waals surface area contributed by atoms with Crippen molar-refractivity contribution >= 4 is 17.5 Å². The van der Waals surface area contributed by atoms with Gasteiger partial charge in [-0.3, -0.25) is 9.59 Å². The van der Waals surface area contributed by atoms with E-state index in [1.54, 1.807) is 30.1 Å². The Balaban J connectivity index is 1.71. The van der Waals surface area contributed by atoms with Crippen LogP contribution in [0.3, 0.4) is 0 Å². The summed E-state index contributed by atoms with van der Waals surface area (Å²) in [4.78, 5) is 27.6. The van der Waals surface area contributed by atoms with Crippen molar-refractivity contribution in [2.24, 2.45) is 0 Å².